The van der Waals surface area contributed by atoms with Crippen LogP contribution in [0.4, 0.5) is 5.69 Å². The fourth-order valence-corrected chi connectivity index (χ4v) is 1.82. The number of aryl methyl sites for hydroxylation is 2. The first-order valence-corrected chi connectivity index (χ1v) is 6.01. The number of anilines is 1. The Morgan fingerprint density at radius 1 is 1.47 bits per heavy atom. The van der Waals surface area contributed by atoms with E-state index in [1.165, 1.54) is 0 Å². The molecule has 1 amide bonds. The van der Waals surface area contributed by atoms with Crippen LogP contribution in [0.3, 0.4) is 0 Å². The second-order valence-corrected chi connectivity index (χ2v) is 4.38. The quantitative estimate of drug-likeness (QED) is 0.912. The van der Waals surface area contributed by atoms with E-state index in [2.05, 4.69) is 10.3 Å². The van der Waals surface area contributed by atoms with Gasteiger partial charge in [0.25, 0.3) is 0 Å². The zero-order valence-electron chi connectivity index (χ0n) is 11.3. The fraction of sp³-hybridized carbons (Fsp3) is 0.286. The van der Waals surface area contributed by atoms with Crippen molar-refractivity contribution in [2.75, 3.05) is 12.4 Å². The molecule has 0 aliphatic rings. The van der Waals surface area contributed by atoms with Gasteiger partial charge in [0.15, 0.2) is 0 Å². The minimum absolute atomic E-state index is 0.113. The molecule has 0 radical (unpaired) electrons. The highest BCUT2D eigenvalue weighted by Crippen LogP contribution is 2.25. The van der Waals surface area contributed by atoms with Crippen LogP contribution in [0.5, 0.6) is 5.75 Å². The molecule has 0 spiro atoms. The fourth-order valence-electron chi connectivity index (χ4n) is 1.82. The van der Waals surface area contributed by atoms with Crippen LogP contribution in [0.15, 0.2) is 30.6 Å². The van der Waals surface area contributed by atoms with E-state index >= 15 is 0 Å². The number of rotatable bonds is 4. The number of hydrogen-bond acceptors (Lipinski definition) is 3. The zero-order chi connectivity index (χ0) is 13.8. The van der Waals surface area contributed by atoms with Gasteiger partial charge in [-0.25, -0.2) is 4.98 Å². The molecule has 1 N–H and O–H groups in total. The molecule has 5 nitrogen and oxygen atoms in total. The third-order valence-corrected chi connectivity index (χ3v) is 2.87. The summed E-state index contributed by atoms with van der Waals surface area (Å²) in [6.45, 7) is 1.97. The first-order chi connectivity index (χ1) is 9.10. The number of nitrogens with one attached hydrogen (secondary N) is 1. The Kier molecular flexibility index (Phi) is 3.85. The molecule has 0 saturated carbocycles. The van der Waals surface area contributed by atoms with E-state index in [-0.39, 0.29) is 12.3 Å². The van der Waals surface area contributed by atoms with Crippen LogP contribution >= 0.6 is 0 Å². The highest BCUT2D eigenvalue weighted by molar-refractivity contribution is 5.93. The van der Waals surface area contributed by atoms with Gasteiger partial charge in [-0.2, -0.15) is 0 Å². The molecule has 5 heteroatoms. The van der Waals surface area contributed by atoms with Crippen molar-refractivity contribution in [1.82, 2.24) is 9.55 Å². The largest absolute Gasteiger partial charge is 0.495 e. The number of benzene rings is 1. The predicted molar refractivity (Wildman–Crippen MR) is 73.3 cm³/mol. The topological polar surface area (TPSA) is 56.1 Å². The number of hydrogen-bond donors (Lipinski definition) is 1. The second-order valence-electron chi connectivity index (χ2n) is 4.38. The van der Waals surface area contributed by atoms with Gasteiger partial charge in [-0.1, -0.05) is 6.07 Å². The van der Waals surface area contributed by atoms with E-state index in [9.17, 15) is 4.79 Å². The first kappa shape index (κ1) is 13.1. The molecule has 1 aromatic carbocycles. The van der Waals surface area contributed by atoms with E-state index in [4.69, 9.17) is 4.74 Å². The lowest BCUT2D eigenvalue weighted by Gasteiger charge is -2.11. The van der Waals surface area contributed by atoms with Crippen molar-refractivity contribution in [2.24, 2.45) is 7.05 Å². The summed E-state index contributed by atoms with van der Waals surface area (Å²) in [5.74, 6) is 1.26. The number of carbonyl (C=O) groups excluding carboxylic acids is 1. The van der Waals surface area contributed by atoms with E-state index in [1.807, 2.05) is 42.9 Å². The summed E-state index contributed by atoms with van der Waals surface area (Å²) < 4.78 is 7.05. The molecule has 19 heavy (non-hydrogen) atoms. The molecule has 2 aromatic rings. The average molecular weight is 259 g/mol. The van der Waals surface area contributed by atoms with Crippen molar-refractivity contribution in [3.8, 4) is 5.75 Å². The third kappa shape index (κ3) is 3.13. The van der Waals surface area contributed by atoms with Crippen molar-refractivity contribution < 1.29 is 9.53 Å². The van der Waals surface area contributed by atoms with Gasteiger partial charge in [-0.15, -0.1) is 0 Å². The minimum Gasteiger partial charge on any atom is -0.495 e. The molecule has 1 aromatic heterocycles. The normalized spacial score (nSPS) is 10.3. The smallest absolute Gasteiger partial charge is 0.232 e. The minimum atomic E-state index is -0.113. The maximum absolute atomic E-state index is 12.0. The summed E-state index contributed by atoms with van der Waals surface area (Å²) in [5, 5.41) is 2.85. The summed E-state index contributed by atoms with van der Waals surface area (Å²) >= 11 is 0. The number of nitrogens with zero attached hydrogens (tertiary/aromatic N) is 2. The SMILES string of the molecule is COc1ccc(C)cc1NC(=O)Cc1nccn1C. The molecular weight excluding hydrogens is 242 g/mol. The summed E-state index contributed by atoms with van der Waals surface area (Å²) in [6.07, 6.45) is 3.73. The zero-order valence-corrected chi connectivity index (χ0v) is 11.3. The summed E-state index contributed by atoms with van der Waals surface area (Å²) in [7, 11) is 3.45. The number of methoxy groups -OCH3 is 1. The number of amides is 1. The molecule has 2 rings (SSSR count). The molecule has 0 aliphatic carbocycles. The van der Waals surface area contributed by atoms with Gasteiger partial charge in [0.05, 0.1) is 19.2 Å². The van der Waals surface area contributed by atoms with Crippen LogP contribution in [0.1, 0.15) is 11.4 Å². The van der Waals surface area contributed by atoms with E-state index in [1.54, 1.807) is 13.3 Å². The Morgan fingerprint density at radius 2 is 2.26 bits per heavy atom. The molecule has 1 heterocycles. The number of ether oxygens (including phenoxy) is 1. The van der Waals surface area contributed by atoms with Crippen molar-refractivity contribution in [3.63, 3.8) is 0 Å². The highest BCUT2D eigenvalue weighted by atomic mass is 16.5. The standard InChI is InChI=1S/C14H17N3O2/c1-10-4-5-12(19-3)11(8-10)16-14(18)9-13-15-6-7-17(13)2/h4-8H,9H2,1-3H3,(H,16,18). The van der Waals surface area contributed by atoms with Gasteiger partial charge in [-0.05, 0) is 24.6 Å². The lowest BCUT2D eigenvalue weighted by atomic mass is 10.2. The molecule has 0 bridgehead atoms. The first-order valence-electron chi connectivity index (χ1n) is 6.01. The third-order valence-electron chi connectivity index (χ3n) is 2.87. The molecule has 0 fully saturated rings. The Labute approximate surface area is 112 Å². The van der Waals surface area contributed by atoms with E-state index in [0.717, 1.165) is 11.4 Å². The van der Waals surface area contributed by atoms with Gasteiger partial charge < -0.3 is 14.6 Å². The van der Waals surface area contributed by atoms with Crippen molar-refractivity contribution >= 4 is 11.6 Å². The van der Waals surface area contributed by atoms with E-state index in [0.29, 0.717) is 11.4 Å². The molecule has 100 valence electrons. The Morgan fingerprint density at radius 3 is 2.89 bits per heavy atom. The Hall–Kier alpha value is -2.30. The highest BCUT2D eigenvalue weighted by Gasteiger charge is 2.10. The molecule has 0 saturated heterocycles. The lowest BCUT2D eigenvalue weighted by molar-refractivity contribution is -0.115. The van der Waals surface area contributed by atoms with Crippen molar-refractivity contribution in [1.29, 1.82) is 0 Å². The maximum atomic E-state index is 12.0. The number of carbonyl (C=O) groups is 1. The van der Waals surface area contributed by atoms with Crippen LogP contribution in [0, 0.1) is 6.92 Å². The Bertz CT molecular complexity index is 590. The monoisotopic (exact) mass is 259 g/mol. The molecule has 0 unspecified atom stereocenters. The van der Waals surface area contributed by atoms with Crippen LogP contribution in [-0.4, -0.2) is 22.6 Å². The summed E-state index contributed by atoms with van der Waals surface area (Å²) in [6, 6.07) is 5.66. The van der Waals surface area contributed by atoms with Gasteiger partial charge >= 0.3 is 0 Å². The van der Waals surface area contributed by atoms with Gasteiger partial charge in [-0.3, -0.25) is 4.79 Å². The second kappa shape index (κ2) is 5.56. The van der Waals surface area contributed by atoms with Gasteiger partial charge in [0, 0.05) is 19.4 Å². The van der Waals surface area contributed by atoms with Crippen LogP contribution < -0.4 is 10.1 Å². The Balaban J connectivity index is 2.11. The summed E-state index contributed by atoms with van der Waals surface area (Å²) in [4.78, 5) is 16.1. The van der Waals surface area contributed by atoms with E-state index < -0.39 is 0 Å². The van der Waals surface area contributed by atoms with Gasteiger partial charge in [0.2, 0.25) is 5.91 Å². The van der Waals surface area contributed by atoms with Gasteiger partial charge in [0.1, 0.15) is 11.6 Å². The molecular formula is C14H17N3O2. The van der Waals surface area contributed by atoms with Crippen LogP contribution in [0.2, 0.25) is 0 Å². The van der Waals surface area contributed by atoms with Crippen LogP contribution in [-0.2, 0) is 18.3 Å². The van der Waals surface area contributed by atoms with Crippen molar-refractivity contribution in [2.45, 2.75) is 13.3 Å². The average Bonchev–Trinajstić information content (AvgIpc) is 2.75. The van der Waals surface area contributed by atoms with Crippen LogP contribution in [0.25, 0.3) is 0 Å². The molecule has 0 atom stereocenters. The molecule has 0 aliphatic heterocycles. The number of imidazole rings is 1. The van der Waals surface area contributed by atoms with Crippen molar-refractivity contribution in [3.05, 3.63) is 42.0 Å². The maximum Gasteiger partial charge on any atom is 0.232 e. The number of aromatic nitrogens is 2. The summed E-state index contributed by atoms with van der Waals surface area (Å²) in [5.41, 5.74) is 1.75. The predicted octanol–water partition coefficient (Wildman–Crippen LogP) is 1.92. The lowest BCUT2D eigenvalue weighted by Crippen LogP contribution is -2.17.